The highest BCUT2D eigenvalue weighted by Gasteiger charge is 2.31. The summed E-state index contributed by atoms with van der Waals surface area (Å²) >= 11 is 0. The fourth-order valence-electron chi connectivity index (χ4n) is 0.952. The Morgan fingerprint density at radius 2 is 1.73 bits per heavy atom. The van der Waals surface area contributed by atoms with Gasteiger partial charge in [0.05, 0.1) is 0 Å². The van der Waals surface area contributed by atoms with Gasteiger partial charge >= 0.3 is 7.12 Å². The molecule has 0 aliphatic carbocycles. The number of hydrogen-bond donors (Lipinski definition) is 0. The van der Waals surface area contributed by atoms with Crippen LogP contribution in [0, 0.1) is 11.2 Å². The van der Waals surface area contributed by atoms with E-state index in [0.717, 1.165) is 0 Å². The third-order valence-electron chi connectivity index (χ3n) is 1.42. The zero-order valence-electron chi connectivity index (χ0n) is 5.65. The summed E-state index contributed by atoms with van der Waals surface area (Å²) in [5.41, 5.74) is 0. The molecule has 0 fully saturated rings. The first-order valence-electron chi connectivity index (χ1n) is 3.22. The summed E-state index contributed by atoms with van der Waals surface area (Å²) in [7, 11) is -0.771. The number of benzene rings is 1. The molecule has 11 heavy (non-hydrogen) atoms. The topological polar surface area (TPSA) is 42.2 Å². The number of rotatable bonds is 0. The van der Waals surface area contributed by atoms with E-state index < -0.39 is 7.12 Å². The van der Waals surface area contributed by atoms with Gasteiger partial charge in [0.15, 0.2) is 0 Å². The van der Waals surface area contributed by atoms with E-state index in [4.69, 9.17) is 14.6 Å². The van der Waals surface area contributed by atoms with E-state index in [1.807, 2.05) is 18.1 Å². The van der Waals surface area contributed by atoms with Gasteiger partial charge in [0, 0.05) is 0 Å². The molecule has 0 atom stereocenters. The van der Waals surface area contributed by atoms with Gasteiger partial charge in [0.2, 0.25) is 0 Å². The van der Waals surface area contributed by atoms with Crippen LogP contribution in [0.4, 0.5) is 0 Å². The molecule has 1 aromatic carbocycles. The summed E-state index contributed by atoms with van der Waals surface area (Å²) in [5.74, 6) is 3.14. The minimum Gasteiger partial charge on any atom is -0.511 e. The summed E-state index contributed by atoms with van der Waals surface area (Å²) in [5, 5.41) is 8.44. The van der Waals surface area contributed by atoms with Crippen molar-refractivity contribution in [1.29, 1.82) is 5.26 Å². The van der Waals surface area contributed by atoms with Crippen LogP contribution in [-0.4, -0.2) is 7.12 Å². The highest BCUT2D eigenvalue weighted by molar-refractivity contribution is 6.56. The lowest BCUT2D eigenvalue weighted by Crippen LogP contribution is -2.21. The normalized spacial score (nSPS) is 12.8. The lowest BCUT2D eigenvalue weighted by Gasteiger charge is -1.91. The molecular weight excluding hydrogens is 141 g/mol. The highest BCUT2D eigenvalue weighted by atomic mass is 16.6. The zero-order chi connectivity index (χ0) is 7.68. The smallest absolute Gasteiger partial charge is 0.511 e. The van der Waals surface area contributed by atoms with Crippen LogP contribution in [0.2, 0.25) is 0 Å². The summed E-state index contributed by atoms with van der Waals surface area (Å²) in [6, 6.07) is 7.21. The quantitative estimate of drug-likeness (QED) is 0.511. The Bertz CT molecular complexity index is 295. The van der Waals surface area contributed by atoms with E-state index >= 15 is 0 Å². The van der Waals surface area contributed by atoms with Crippen LogP contribution in [0.1, 0.15) is 0 Å². The van der Waals surface area contributed by atoms with Gasteiger partial charge in [-0.25, -0.2) is 5.26 Å². The molecule has 0 spiro atoms. The van der Waals surface area contributed by atoms with Crippen molar-refractivity contribution < 1.29 is 9.31 Å². The zero-order valence-corrected chi connectivity index (χ0v) is 5.65. The molecule has 4 heteroatoms. The third kappa shape index (κ3) is 0.907. The summed E-state index contributed by atoms with van der Waals surface area (Å²) in [4.78, 5) is 0. The van der Waals surface area contributed by atoms with E-state index in [9.17, 15) is 0 Å². The second-order valence-electron chi connectivity index (χ2n) is 2.14. The summed E-state index contributed by atoms with van der Waals surface area (Å²) in [6.45, 7) is 0. The van der Waals surface area contributed by atoms with Crippen LogP contribution >= 0.6 is 0 Å². The SMILES string of the molecule is N#CB1Oc2ccccc2O1. The molecule has 0 saturated carbocycles. The van der Waals surface area contributed by atoms with Gasteiger partial charge in [-0.05, 0) is 12.1 Å². The van der Waals surface area contributed by atoms with Gasteiger partial charge in [-0.15, -0.1) is 0 Å². The number of hydrogen-bond acceptors (Lipinski definition) is 3. The highest BCUT2D eigenvalue weighted by Crippen LogP contribution is 2.31. The molecule has 1 heterocycles. The molecule has 0 N–H and O–H groups in total. The number of para-hydroxylation sites is 2. The average Bonchev–Trinajstić information content (AvgIpc) is 2.46. The molecule has 0 radical (unpaired) electrons. The minimum atomic E-state index is -0.771. The van der Waals surface area contributed by atoms with Crippen LogP contribution in [0.15, 0.2) is 24.3 Å². The Balaban J connectivity index is 2.35. The van der Waals surface area contributed by atoms with Crippen LogP contribution in [0.3, 0.4) is 0 Å². The number of nitriles is 1. The Hall–Kier alpha value is -1.63. The van der Waals surface area contributed by atoms with Crippen LogP contribution in [0.25, 0.3) is 0 Å². The van der Waals surface area contributed by atoms with Crippen LogP contribution in [0.5, 0.6) is 11.5 Å². The first kappa shape index (κ1) is 6.11. The van der Waals surface area contributed by atoms with Crippen molar-refractivity contribution >= 4 is 7.12 Å². The minimum absolute atomic E-state index is 0.638. The van der Waals surface area contributed by atoms with Gasteiger partial charge in [0.1, 0.15) is 17.5 Å². The Morgan fingerprint density at radius 1 is 1.18 bits per heavy atom. The van der Waals surface area contributed by atoms with Crippen LogP contribution < -0.4 is 9.31 Å². The molecule has 0 unspecified atom stereocenters. The maximum absolute atomic E-state index is 8.44. The largest absolute Gasteiger partial charge is 0.718 e. The van der Waals surface area contributed by atoms with E-state index in [2.05, 4.69) is 0 Å². The second-order valence-corrected chi connectivity index (χ2v) is 2.14. The first-order chi connectivity index (χ1) is 5.40. The molecule has 1 aliphatic rings. The maximum Gasteiger partial charge on any atom is 0.718 e. The van der Waals surface area contributed by atoms with E-state index in [1.54, 1.807) is 12.1 Å². The average molecular weight is 145 g/mol. The molecule has 3 nitrogen and oxygen atoms in total. The van der Waals surface area contributed by atoms with Crippen molar-refractivity contribution in [3.63, 3.8) is 0 Å². The fraction of sp³-hybridized carbons (Fsp3) is 0. The van der Waals surface area contributed by atoms with Crippen molar-refractivity contribution in [3.8, 4) is 17.5 Å². The molecule has 1 aliphatic heterocycles. The van der Waals surface area contributed by atoms with Gasteiger partial charge in [-0.3, -0.25) is 0 Å². The predicted octanol–water partition coefficient (Wildman–Crippen LogP) is 1.01. The molecule has 0 amide bonds. The van der Waals surface area contributed by atoms with Crippen molar-refractivity contribution in [1.82, 2.24) is 0 Å². The van der Waals surface area contributed by atoms with Crippen molar-refractivity contribution in [2.45, 2.75) is 0 Å². The first-order valence-corrected chi connectivity index (χ1v) is 3.22. The second kappa shape index (κ2) is 2.20. The summed E-state index contributed by atoms with van der Waals surface area (Å²) in [6.07, 6.45) is 0. The Morgan fingerprint density at radius 3 is 2.18 bits per heavy atom. The van der Waals surface area contributed by atoms with Crippen molar-refractivity contribution in [2.24, 2.45) is 0 Å². The third-order valence-corrected chi connectivity index (χ3v) is 1.42. The van der Waals surface area contributed by atoms with Gasteiger partial charge in [0.25, 0.3) is 0 Å². The van der Waals surface area contributed by atoms with Gasteiger partial charge < -0.3 is 9.31 Å². The van der Waals surface area contributed by atoms with Gasteiger partial charge in [-0.1, -0.05) is 12.1 Å². The lowest BCUT2D eigenvalue weighted by molar-refractivity contribution is 0.519. The van der Waals surface area contributed by atoms with Crippen LogP contribution in [-0.2, 0) is 0 Å². The van der Waals surface area contributed by atoms with Crippen molar-refractivity contribution in [3.05, 3.63) is 24.3 Å². The lowest BCUT2D eigenvalue weighted by atomic mass is 9.95. The molecule has 2 rings (SSSR count). The monoisotopic (exact) mass is 145 g/mol. The van der Waals surface area contributed by atoms with E-state index in [-0.39, 0.29) is 0 Å². The molecule has 0 aromatic heterocycles. The summed E-state index contributed by atoms with van der Waals surface area (Å²) < 4.78 is 10.1. The maximum atomic E-state index is 8.44. The Kier molecular flexibility index (Phi) is 1.22. The van der Waals surface area contributed by atoms with E-state index in [1.165, 1.54) is 0 Å². The van der Waals surface area contributed by atoms with E-state index in [0.29, 0.717) is 11.5 Å². The Labute approximate surface area is 64.3 Å². The predicted molar refractivity (Wildman–Crippen MR) is 39.1 cm³/mol. The molecule has 0 saturated heterocycles. The van der Waals surface area contributed by atoms with Gasteiger partial charge in [-0.2, -0.15) is 0 Å². The molecule has 1 aromatic rings. The molecular formula is C7H4BNO2. The number of nitrogens with zero attached hydrogens (tertiary/aromatic N) is 1. The fourth-order valence-corrected chi connectivity index (χ4v) is 0.952. The molecule has 0 bridgehead atoms. The van der Waals surface area contributed by atoms with Crippen molar-refractivity contribution in [2.75, 3.05) is 0 Å². The molecule has 52 valence electrons. The number of fused-ring (bicyclic) bond motifs is 1. The standard InChI is InChI=1S/C7H4BNO2/c9-5-8-10-6-3-1-2-4-7(6)11-8/h1-4H.